The van der Waals surface area contributed by atoms with Gasteiger partial charge in [-0.25, -0.2) is 0 Å². The number of azo groups is 1. The number of nitrogens with zero attached hydrogens (tertiary/aromatic N) is 2. The van der Waals surface area contributed by atoms with E-state index in [4.69, 9.17) is 0 Å². The number of benzene rings is 1. The van der Waals surface area contributed by atoms with Crippen molar-refractivity contribution in [1.29, 1.82) is 0 Å². The molecule has 4 aliphatic carbocycles. The number of aromatic hydroxyl groups is 1. The fourth-order valence-corrected chi connectivity index (χ4v) is 10.5. The number of aromatic nitrogens is 1. The van der Waals surface area contributed by atoms with Gasteiger partial charge in [-0.1, -0.05) is 36.7 Å². The molecule has 1 heterocycles. The van der Waals surface area contributed by atoms with Crippen molar-refractivity contribution >= 4 is 38.4 Å². The number of aliphatic hydroxyl groups excluding tert-OH is 2. The number of rotatable bonds is 5. The van der Waals surface area contributed by atoms with Crippen LogP contribution in [0.15, 0.2) is 32.9 Å². The maximum Gasteiger partial charge on any atom is 0.264 e. The number of aliphatic hydroxyl groups is 2. The summed E-state index contributed by atoms with van der Waals surface area (Å²) < 4.78 is 0.861. The summed E-state index contributed by atoms with van der Waals surface area (Å²) in [6.45, 7) is 7.21. The minimum absolute atomic E-state index is 0.0898. The van der Waals surface area contributed by atoms with Crippen LogP contribution in [0.3, 0.4) is 0 Å². The second-order valence-electron chi connectivity index (χ2n) is 14.1. The van der Waals surface area contributed by atoms with Crippen LogP contribution in [-0.4, -0.2) is 38.4 Å². The molecule has 4 saturated carbocycles. The van der Waals surface area contributed by atoms with Crippen LogP contribution in [0, 0.1) is 46.3 Å². The van der Waals surface area contributed by atoms with E-state index in [1.165, 1.54) is 12.8 Å². The predicted molar refractivity (Wildman–Crippen MR) is 158 cm³/mol. The van der Waals surface area contributed by atoms with Crippen LogP contribution in [-0.2, 0) is 4.79 Å². The normalized spacial score (nSPS) is 40.1. The van der Waals surface area contributed by atoms with E-state index in [9.17, 15) is 20.1 Å². The van der Waals surface area contributed by atoms with Crippen LogP contribution < -0.4 is 0 Å². The van der Waals surface area contributed by atoms with Crippen LogP contribution in [0.2, 0.25) is 0 Å². The topological polar surface area (TPSA) is 118 Å². The molecule has 10 atom stereocenters. The largest absolute Gasteiger partial charge is 0.493 e. The van der Waals surface area contributed by atoms with Gasteiger partial charge < -0.3 is 20.3 Å². The van der Waals surface area contributed by atoms with Gasteiger partial charge in [0, 0.05) is 16.3 Å². The first-order valence-corrected chi connectivity index (χ1v) is 16.1. The summed E-state index contributed by atoms with van der Waals surface area (Å²) >= 11 is 3.44. The SMILES string of the molecule is C[C@@H](CCC(=O)N=Nc1c(O)[nH]c2ccc(Br)cc12)[C@H]1CC[C@H]2[C@@H]3[C@H](O)C[C@H]4C[C@@H](O)CC[C@]4(C)[C@H]3CC[C@]12C. The van der Waals surface area contributed by atoms with Gasteiger partial charge in [0.2, 0.25) is 5.88 Å². The first kappa shape index (κ1) is 28.4. The Labute approximate surface area is 245 Å². The van der Waals surface area contributed by atoms with Gasteiger partial charge in [-0.15, -0.1) is 10.2 Å². The summed E-state index contributed by atoms with van der Waals surface area (Å²) in [4.78, 5) is 15.6. The molecule has 4 fully saturated rings. The molecule has 0 saturated heterocycles. The molecule has 2 aromatic rings. The lowest BCUT2D eigenvalue weighted by Crippen LogP contribution is -2.58. The first-order chi connectivity index (χ1) is 19.0. The lowest BCUT2D eigenvalue weighted by Gasteiger charge is -2.62. The molecular formula is C32H44BrN3O4. The monoisotopic (exact) mass is 613 g/mol. The lowest BCUT2D eigenvalue weighted by atomic mass is 9.43. The predicted octanol–water partition coefficient (Wildman–Crippen LogP) is 7.65. The van der Waals surface area contributed by atoms with Crippen molar-refractivity contribution in [3.63, 3.8) is 0 Å². The highest BCUT2D eigenvalue weighted by molar-refractivity contribution is 9.10. The highest BCUT2D eigenvalue weighted by Gasteiger charge is 2.62. The zero-order chi connectivity index (χ0) is 28.4. The Morgan fingerprint density at radius 3 is 2.65 bits per heavy atom. The van der Waals surface area contributed by atoms with E-state index in [2.05, 4.69) is 51.9 Å². The van der Waals surface area contributed by atoms with Gasteiger partial charge in [0.25, 0.3) is 5.91 Å². The number of hydrogen-bond acceptors (Lipinski definition) is 5. The van der Waals surface area contributed by atoms with E-state index in [1.54, 1.807) is 0 Å². The number of aromatic amines is 1. The third-order valence-corrected chi connectivity index (χ3v) is 12.7. The molecule has 4 N–H and O–H groups in total. The van der Waals surface area contributed by atoms with E-state index in [0.717, 1.165) is 54.9 Å². The Morgan fingerprint density at radius 2 is 1.85 bits per heavy atom. The molecule has 6 rings (SSSR count). The smallest absolute Gasteiger partial charge is 0.264 e. The van der Waals surface area contributed by atoms with E-state index in [0.29, 0.717) is 47.3 Å². The van der Waals surface area contributed by atoms with Crippen LogP contribution >= 0.6 is 15.9 Å². The fourth-order valence-electron chi connectivity index (χ4n) is 10.1. The highest BCUT2D eigenvalue weighted by Crippen LogP contribution is 2.68. The Balaban J connectivity index is 1.11. The molecule has 0 aliphatic heterocycles. The van der Waals surface area contributed by atoms with E-state index in [-0.39, 0.29) is 40.5 Å². The molecule has 7 nitrogen and oxygen atoms in total. The van der Waals surface area contributed by atoms with Crippen molar-refractivity contribution in [2.75, 3.05) is 0 Å². The second kappa shape index (κ2) is 10.5. The number of halogens is 1. The van der Waals surface area contributed by atoms with Crippen molar-refractivity contribution in [2.24, 2.45) is 56.6 Å². The van der Waals surface area contributed by atoms with Crippen LogP contribution in [0.4, 0.5) is 5.69 Å². The van der Waals surface area contributed by atoms with E-state index >= 15 is 0 Å². The van der Waals surface area contributed by atoms with Crippen LogP contribution in [0.25, 0.3) is 10.9 Å². The molecule has 1 amide bonds. The van der Waals surface area contributed by atoms with Gasteiger partial charge in [-0.2, -0.15) is 0 Å². The highest BCUT2D eigenvalue weighted by atomic mass is 79.9. The molecule has 40 heavy (non-hydrogen) atoms. The summed E-state index contributed by atoms with van der Waals surface area (Å²) in [7, 11) is 0. The Bertz CT molecular complexity index is 1310. The molecule has 218 valence electrons. The molecule has 1 aromatic heterocycles. The van der Waals surface area contributed by atoms with Gasteiger partial charge >= 0.3 is 0 Å². The maximum atomic E-state index is 12.7. The molecule has 1 aromatic carbocycles. The number of fused-ring (bicyclic) bond motifs is 6. The number of carbonyl (C=O) groups is 1. The molecule has 0 spiro atoms. The molecule has 4 aliphatic rings. The molecular weight excluding hydrogens is 570 g/mol. The Morgan fingerprint density at radius 1 is 1.10 bits per heavy atom. The van der Waals surface area contributed by atoms with Crippen molar-refractivity contribution in [2.45, 2.75) is 97.2 Å². The van der Waals surface area contributed by atoms with Gasteiger partial charge in [0.05, 0.1) is 17.7 Å². The minimum Gasteiger partial charge on any atom is -0.493 e. The summed E-state index contributed by atoms with van der Waals surface area (Å²) in [5.41, 5.74) is 1.45. The summed E-state index contributed by atoms with van der Waals surface area (Å²) in [5, 5.41) is 40.9. The number of hydrogen-bond donors (Lipinski definition) is 4. The summed E-state index contributed by atoms with van der Waals surface area (Å²) in [5.74, 6) is 2.42. The molecule has 0 unspecified atom stereocenters. The average Bonchev–Trinajstić information content (AvgIpc) is 3.42. The first-order valence-electron chi connectivity index (χ1n) is 15.3. The van der Waals surface area contributed by atoms with E-state index in [1.807, 2.05) is 18.2 Å². The van der Waals surface area contributed by atoms with Gasteiger partial charge in [-0.3, -0.25) is 4.79 Å². The number of H-pyrrole nitrogens is 1. The lowest BCUT2D eigenvalue weighted by molar-refractivity contribution is -0.174. The standard InChI is InChI=1S/C32H44BrN3O4/c1-17(4-9-27(39)35-36-29-21-16-19(33)5-8-25(21)34-30(29)40)22-6-7-23-28-24(11-13-32(22,23)3)31(2)12-10-20(37)14-18(31)15-26(28)38/h5,8,16-18,20,22-24,26,28,34,37-38,40H,4,6-7,9-15H2,1-3H3/t17-,18+,20-,22+,23-,24-,26+,28-,31-,32+/m0/s1. The van der Waals surface area contributed by atoms with E-state index < -0.39 is 0 Å². The Hall–Kier alpha value is -1.77. The van der Waals surface area contributed by atoms with Gasteiger partial charge in [0.1, 0.15) is 0 Å². The summed E-state index contributed by atoms with van der Waals surface area (Å²) in [6.07, 6.45) is 8.98. The summed E-state index contributed by atoms with van der Waals surface area (Å²) in [6, 6.07) is 5.56. The van der Waals surface area contributed by atoms with Crippen molar-refractivity contribution in [3.8, 4) is 5.88 Å². The zero-order valence-corrected chi connectivity index (χ0v) is 25.5. The Kier molecular flexibility index (Phi) is 7.44. The number of amides is 1. The molecule has 0 bridgehead atoms. The van der Waals surface area contributed by atoms with Crippen LogP contribution in [0.5, 0.6) is 5.88 Å². The third kappa shape index (κ3) is 4.66. The van der Waals surface area contributed by atoms with Gasteiger partial charge in [0.15, 0.2) is 5.69 Å². The quantitative estimate of drug-likeness (QED) is 0.259. The van der Waals surface area contributed by atoms with Crippen molar-refractivity contribution in [3.05, 3.63) is 22.7 Å². The number of carbonyl (C=O) groups excluding carboxylic acids is 1. The van der Waals surface area contributed by atoms with Crippen LogP contribution in [0.1, 0.15) is 85.0 Å². The second-order valence-corrected chi connectivity index (χ2v) is 15.0. The fraction of sp³-hybridized carbons (Fsp3) is 0.719. The van der Waals surface area contributed by atoms with Gasteiger partial charge in [-0.05, 0) is 122 Å². The minimum atomic E-state index is -0.268. The third-order valence-electron chi connectivity index (χ3n) is 12.2. The molecule has 8 heteroatoms. The van der Waals surface area contributed by atoms with Crippen molar-refractivity contribution < 1.29 is 20.1 Å². The average molecular weight is 615 g/mol. The number of nitrogens with one attached hydrogen (secondary N) is 1. The maximum absolute atomic E-state index is 12.7. The molecule has 0 radical (unpaired) electrons. The van der Waals surface area contributed by atoms with Crippen molar-refractivity contribution in [1.82, 2.24) is 4.98 Å². The zero-order valence-electron chi connectivity index (χ0n) is 23.9.